The van der Waals surface area contributed by atoms with Gasteiger partial charge in [-0.3, -0.25) is 0 Å². The summed E-state index contributed by atoms with van der Waals surface area (Å²) in [6.07, 6.45) is 2.12. The van der Waals surface area contributed by atoms with Crippen molar-refractivity contribution in [3.63, 3.8) is 0 Å². The molecule has 0 spiro atoms. The average molecular weight is 493 g/mol. The molecule has 9 heteroatoms. The highest BCUT2D eigenvalue weighted by Crippen LogP contribution is 2.40. The third-order valence-corrected chi connectivity index (χ3v) is 6.79. The molecule has 2 aliphatic rings. The minimum absolute atomic E-state index is 0.152. The lowest BCUT2D eigenvalue weighted by Gasteiger charge is -2.38. The first-order valence-corrected chi connectivity index (χ1v) is 12.7. The van der Waals surface area contributed by atoms with Crippen molar-refractivity contribution in [3.05, 3.63) is 36.0 Å². The van der Waals surface area contributed by atoms with Gasteiger partial charge < -0.3 is 20.9 Å². The van der Waals surface area contributed by atoms with E-state index in [4.69, 9.17) is 4.98 Å². The maximum absolute atomic E-state index is 13.2. The summed E-state index contributed by atoms with van der Waals surface area (Å²) in [5.41, 5.74) is 0.357. The Hall–Kier alpha value is -2.71. The maximum Gasteiger partial charge on any atom is 0.416 e. The summed E-state index contributed by atoms with van der Waals surface area (Å²) in [7, 11) is 0. The van der Waals surface area contributed by atoms with E-state index >= 15 is 0 Å². The summed E-state index contributed by atoms with van der Waals surface area (Å²) in [5, 5.41) is 10.0. The lowest BCUT2D eigenvalue weighted by Crippen LogP contribution is -2.49. The van der Waals surface area contributed by atoms with E-state index in [0.29, 0.717) is 17.6 Å². The molecule has 1 saturated carbocycles. The van der Waals surface area contributed by atoms with E-state index in [1.54, 1.807) is 12.3 Å². The quantitative estimate of drug-likeness (QED) is 0.392. The van der Waals surface area contributed by atoms with E-state index < -0.39 is 18.0 Å². The van der Waals surface area contributed by atoms with Gasteiger partial charge in [0.2, 0.25) is 5.95 Å². The predicted molar refractivity (Wildman–Crippen MR) is 138 cm³/mol. The lowest BCUT2D eigenvalue weighted by molar-refractivity contribution is -0.137. The molecule has 2 aromatic rings. The van der Waals surface area contributed by atoms with Gasteiger partial charge in [-0.05, 0) is 70.1 Å². The van der Waals surface area contributed by atoms with Crippen molar-refractivity contribution in [3.8, 4) is 0 Å². The molecule has 0 bridgehead atoms. The number of nitrogens with zero attached hydrogens (tertiary/aromatic N) is 3. The fraction of sp³-hybridized carbons (Fsp3) is 0.615. The van der Waals surface area contributed by atoms with Crippen LogP contribution in [0, 0.1) is 5.92 Å². The molecule has 1 aliphatic heterocycles. The second-order valence-corrected chi connectivity index (χ2v) is 9.88. The molecule has 1 unspecified atom stereocenters. The van der Waals surface area contributed by atoms with Gasteiger partial charge in [0, 0.05) is 17.3 Å². The summed E-state index contributed by atoms with van der Waals surface area (Å²) < 4.78 is 39.7. The Balaban J connectivity index is 0.00000167. The molecular formula is C26H39F3N6. The lowest BCUT2D eigenvalue weighted by atomic mass is 9.86. The first-order valence-electron chi connectivity index (χ1n) is 12.7. The molecule has 6 nitrogen and oxygen atoms in total. The molecule has 1 atom stereocenters. The van der Waals surface area contributed by atoms with Crippen molar-refractivity contribution in [1.29, 1.82) is 0 Å². The summed E-state index contributed by atoms with van der Waals surface area (Å²) in [5.74, 6) is 2.01. The molecule has 0 amide bonds. The Morgan fingerprint density at radius 2 is 1.80 bits per heavy atom. The largest absolute Gasteiger partial charge is 0.416 e. The topological polar surface area (TPSA) is 65.1 Å². The molecule has 194 valence electrons. The molecule has 3 N–H and O–H groups in total. The number of halogens is 3. The Bertz CT molecular complexity index is 970. The minimum Gasteiger partial charge on any atom is -0.349 e. The van der Waals surface area contributed by atoms with Crippen molar-refractivity contribution in [2.24, 2.45) is 5.92 Å². The van der Waals surface area contributed by atoms with Crippen LogP contribution in [0.1, 0.15) is 79.2 Å². The number of nitrogens with one attached hydrogen (secondary N) is 3. The molecule has 1 fully saturated rings. The first kappa shape index (κ1) is 26.9. The van der Waals surface area contributed by atoms with Crippen molar-refractivity contribution >= 4 is 23.1 Å². The molecule has 0 radical (unpaired) electrons. The number of alkyl halides is 3. The van der Waals surface area contributed by atoms with Gasteiger partial charge in [0.1, 0.15) is 0 Å². The Morgan fingerprint density at radius 1 is 1.11 bits per heavy atom. The SMILES string of the molecule is CC.CCC(C)(C)Nc1ncc2c(n1)N(C1CCC(C)CC1)C(Nc1cccc(C(F)(F)F)c1)N2. The number of aromatic nitrogens is 2. The summed E-state index contributed by atoms with van der Waals surface area (Å²) >= 11 is 0. The van der Waals surface area contributed by atoms with E-state index in [0.717, 1.165) is 55.7 Å². The smallest absolute Gasteiger partial charge is 0.349 e. The Morgan fingerprint density at radius 3 is 2.43 bits per heavy atom. The van der Waals surface area contributed by atoms with Crippen LogP contribution in [-0.4, -0.2) is 27.8 Å². The van der Waals surface area contributed by atoms with Crippen LogP contribution in [0.2, 0.25) is 0 Å². The fourth-order valence-corrected chi connectivity index (χ4v) is 4.42. The van der Waals surface area contributed by atoms with E-state index in [2.05, 4.69) is 53.5 Å². The van der Waals surface area contributed by atoms with Crippen LogP contribution in [0.15, 0.2) is 30.5 Å². The number of benzene rings is 1. The first-order chi connectivity index (χ1) is 16.6. The zero-order chi connectivity index (χ0) is 25.8. The predicted octanol–water partition coefficient (Wildman–Crippen LogP) is 7.33. The number of anilines is 4. The molecule has 2 heterocycles. The third-order valence-electron chi connectivity index (χ3n) is 6.79. The number of hydrogen-bond donors (Lipinski definition) is 3. The van der Waals surface area contributed by atoms with Crippen LogP contribution < -0.4 is 20.9 Å². The van der Waals surface area contributed by atoms with Crippen LogP contribution in [0.4, 0.5) is 36.3 Å². The van der Waals surface area contributed by atoms with Gasteiger partial charge in [-0.25, -0.2) is 4.98 Å². The average Bonchev–Trinajstić information content (AvgIpc) is 3.17. The molecule has 1 aromatic heterocycles. The normalized spacial score (nSPS) is 22.0. The van der Waals surface area contributed by atoms with Crippen LogP contribution in [-0.2, 0) is 6.18 Å². The summed E-state index contributed by atoms with van der Waals surface area (Å²) in [6, 6.07) is 5.55. The summed E-state index contributed by atoms with van der Waals surface area (Å²) in [4.78, 5) is 11.5. The molecule has 35 heavy (non-hydrogen) atoms. The monoisotopic (exact) mass is 492 g/mol. The van der Waals surface area contributed by atoms with E-state index in [-0.39, 0.29) is 11.6 Å². The number of rotatable bonds is 6. The minimum atomic E-state index is -4.39. The van der Waals surface area contributed by atoms with Gasteiger partial charge in [0.25, 0.3) is 0 Å². The van der Waals surface area contributed by atoms with Crippen LogP contribution >= 0.6 is 0 Å². The Labute approximate surface area is 207 Å². The molecule has 1 aromatic carbocycles. The standard InChI is InChI=1S/C24H33F3N6.C2H6/c1-5-23(3,4)32-21-28-14-19-20(31-21)33(18-11-9-15(2)10-12-18)22(30-19)29-17-8-6-7-16(13-17)24(25,26)27;1-2/h6-8,13-15,18,22,29-30H,5,9-12H2,1-4H3,(H,28,31,32);1-2H3. The van der Waals surface area contributed by atoms with Gasteiger partial charge in [-0.2, -0.15) is 18.2 Å². The van der Waals surface area contributed by atoms with Crippen LogP contribution in [0.5, 0.6) is 0 Å². The van der Waals surface area contributed by atoms with Gasteiger partial charge in [-0.15, -0.1) is 0 Å². The second-order valence-electron chi connectivity index (χ2n) is 9.88. The number of fused-ring (bicyclic) bond motifs is 1. The third kappa shape index (κ3) is 6.49. The van der Waals surface area contributed by atoms with Gasteiger partial charge in [-0.1, -0.05) is 33.8 Å². The summed E-state index contributed by atoms with van der Waals surface area (Å²) in [6.45, 7) is 12.6. The molecular weight excluding hydrogens is 453 g/mol. The highest BCUT2D eigenvalue weighted by molar-refractivity contribution is 5.74. The van der Waals surface area contributed by atoms with E-state index in [1.807, 2.05) is 13.8 Å². The highest BCUT2D eigenvalue weighted by atomic mass is 19.4. The molecule has 1 aliphatic carbocycles. The van der Waals surface area contributed by atoms with Crippen molar-refractivity contribution in [2.75, 3.05) is 20.9 Å². The van der Waals surface area contributed by atoms with Crippen LogP contribution in [0.25, 0.3) is 0 Å². The van der Waals surface area contributed by atoms with Gasteiger partial charge >= 0.3 is 6.18 Å². The van der Waals surface area contributed by atoms with Crippen molar-refractivity contribution in [1.82, 2.24) is 9.97 Å². The fourth-order valence-electron chi connectivity index (χ4n) is 4.42. The zero-order valence-electron chi connectivity index (χ0n) is 21.6. The number of hydrogen-bond acceptors (Lipinski definition) is 6. The van der Waals surface area contributed by atoms with Crippen molar-refractivity contribution in [2.45, 2.75) is 97.7 Å². The second kappa shape index (κ2) is 10.9. The highest BCUT2D eigenvalue weighted by Gasteiger charge is 2.38. The Kier molecular flexibility index (Phi) is 8.38. The molecule has 4 rings (SSSR count). The van der Waals surface area contributed by atoms with Crippen molar-refractivity contribution < 1.29 is 13.2 Å². The van der Waals surface area contributed by atoms with Crippen LogP contribution in [0.3, 0.4) is 0 Å². The van der Waals surface area contributed by atoms with Gasteiger partial charge in [0.15, 0.2) is 12.1 Å². The molecule has 0 saturated heterocycles. The van der Waals surface area contributed by atoms with Gasteiger partial charge in [0.05, 0.1) is 17.4 Å². The van der Waals surface area contributed by atoms with E-state index in [1.165, 1.54) is 6.07 Å². The zero-order valence-corrected chi connectivity index (χ0v) is 21.6. The maximum atomic E-state index is 13.2. The van der Waals surface area contributed by atoms with E-state index in [9.17, 15) is 13.2 Å².